The standard InChI is InChI=1S/C13H15FOS/c1-13(14,12-6-7-16-9-12)11-4-2-10(8-15)3-5-11/h2-5,8,12H,6-7,9H2,1H3. The Kier molecular flexibility index (Phi) is 3.33. The van der Waals surface area contributed by atoms with Crippen molar-refractivity contribution in [1.82, 2.24) is 0 Å². The second-order valence-electron chi connectivity index (χ2n) is 4.38. The van der Waals surface area contributed by atoms with E-state index in [1.165, 1.54) is 0 Å². The molecule has 0 N–H and O–H groups in total. The maximum absolute atomic E-state index is 14.7. The summed E-state index contributed by atoms with van der Waals surface area (Å²) in [6.45, 7) is 1.65. The van der Waals surface area contributed by atoms with Crippen molar-refractivity contribution in [2.24, 2.45) is 5.92 Å². The van der Waals surface area contributed by atoms with Gasteiger partial charge in [0.25, 0.3) is 0 Å². The van der Waals surface area contributed by atoms with Gasteiger partial charge in [-0.2, -0.15) is 11.8 Å². The molecule has 1 heterocycles. The largest absolute Gasteiger partial charge is 0.298 e. The lowest BCUT2D eigenvalue weighted by Gasteiger charge is -2.27. The first-order valence-electron chi connectivity index (χ1n) is 5.47. The number of hydrogen-bond acceptors (Lipinski definition) is 2. The van der Waals surface area contributed by atoms with Crippen LogP contribution < -0.4 is 0 Å². The molecule has 2 rings (SSSR count). The third-order valence-corrected chi connectivity index (χ3v) is 4.47. The summed E-state index contributed by atoms with van der Waals surface area (Å²) in [6, 6.07) is 6.82. The molecule has 1 aliphatic heterocycles. The summed E-state index contributed by atoms with van der Waals surface area (Å²) >= 11 is 1.82. The van der Waals surface area contributed by atoms with E-state index >= 15 is 0 Å². The molecule has 2 atom stereocenters. The van der Waals surface area contributed by atoms with Gasteiger partial charge in [0.15, 0.2) is 0 Å². The van der Waals surface area contributed by atoms with E-state index in [-0.39, 0.29) is 5.92 Å². The second-order valence-corrected chi connectivity index (χ2v) is 5.53. The van der Waals surface area contributed by atoms with E-state index in [2.05, 4.69) is 0 Å². The van der Waals surface area contributed by atoms with Crippen LogP contribution in [-0.4, -0.2) is 17.8 Å². The van der Waals surface area contributed by atoms with E-state index in [0.29, 0.717) is 11.1 Å². The molecule has 0 spiro atoms. The fourth-order valence-electron chi connectivity index (χ4n) is 2.09. The number of carbonyl (C=O) groups is 1. The molecule has 1 fully saturated rings. The third-order valence-electron chi connectivity index (χ3n) is 3.31. The van der Waals surface area contributed by atoms with Crippen molar-refractivity contribution in [3.05, 3.63) is 35.4 Å². The van der Waals surface area contributed by atoms with Crippen molar-refractivity contribution < 1.29 is 9.18 Å². The highest BCUT2D eigenvalue weighted by Crippen LogP contribution is 2.41. The lowest BCUT2D eigenvalue weighted by Crippen LogP contribution is -2.27. The number of aldehydes is 1. The first-order chi connectivity index (χ1) is 7.64. The molecular formula is C13H15FOS. The minimum atomic E-state index is -1.27. The molecule has 16 heavy (non-hydrogen) atoms. The number of hydrogen-bond donors (Lipinski definition) is 0. The van der Waals surface area contributed by atoms with Crippen LogP contribution in [0.15, 0.2) is 24.3 Å². The Morgan fingerprint density at radius 3 is 2.62 bits per heavy atom. The smallest absolute Gasteiger partial charge is 0.150 e. The quantitative estimate of drug-likeness (QED) is 0.750. The summed E-state index contributed by atoms with van der Waals surface area (Å²) in [5.41, 5.74) is 0.0104. The Balaban J connectivity index is 2.23. The van der Waals surface area contributed by atoms with Crippen molar-refractivity contribution in [3.63, 3.8) is 0 Å². The van der Waals surface area contributed by atoms with Gasteiger partial charge in [-0.1, -0.05) is 24.3 Å². The zero-order valence-electron chi connectivity index (χ0n) is 9.28. The Labute approximate surface area is 99.4 Å². The van der Waals surface area contributed by atoms with Gasteiger partial charge in [0, 0.05) is 11.5 Å². The Morgan fingerprint density at radius 1 is 1.44 bits per heavy atom. The SMILES string of the molecule is CC(F)(c1ccc(C=O)cc1)C1CCSC1. The van der Waals surface area contributed by atoms with Crippen LogP contribution in [0.2, 0.25) is 0 Å². The van der Waals surface area contributed by atoms with Crippen LogP contribution in [0.25, 0.3) is 0 Å². The summed E-state index contributed by atoms with van der Waals surface area (Å²) in [5, 5.41) is 0. The van der Waals surface area contributed by atoms with Gasteiger partial charge in [0.2, 0.25) is 0 Å². The summed E-state index contributed by atoms with van der Waals surface area (Å²) in [7, 11) is 0. The Morgan fingerprint density at radius 2 is 2.12 bits per heavy atom. The molecule has 0 aliphatic carbocycles. The number of carbonyl (C=O) groups excluding carboxylic acids is 1. The van der Waals surface area contributed by atoms with Gasteiger partial charge in [-0.05, 0) is 30.4 Å². The zero-order valence-corrected chi connectivity index (χ0v) is 10.1. The number of halogens is 1. The van der Waals surface area contributed by atoms with Gasteiger partial charge in [-0.15, -0.1) is 0 Å². The van der Waals surface area contributed by atoms with Gasteiger partial charge in [0.05, 0.1) is 0 Å². The van der Waals surface area contributed by atoms with Crippen molar-refractivity contribution >= 4 is 18.0 Å². The molecule has 1 nitrogen and oxygen atoms in total. The maximum atomic E-state index is 14.7. The number of thioether (sulfide) groups is 1. The Bertz CT molecular complexity index is 366. The first-order valence-corrected chi connectivity index (χ1v) is 6.62. The van der Waals surface area contributed by atoms with Crippen LogP contribution >= 0.6 is 11.8 Å². The van der Waals surface area contributed by atoms with Gasteiger partial charge in [0.1, 0.15) is 12.0 Å². The van der Waals surface area contributed by atoms with E-state index in [1.54, 1.807) is 31.2 Å². The lowest BCUT2D eigenvalue weighted by atomic mass is 9.84. The number of benzene rings is 1. The Hall–Kier alpha value is -0.830. The van der Waals surface area contributed by atoms with Crippen LogP contribution in [0.5, 0.6) is 0 Å². The van der Waals surface area contributed by atoms with Gasteiger partial charge < -0.3 is 0 Å². The average molecular weight is 238 g/mol. The molecule has 2 unspecified atom stereocenters. The van der Waals surface area contributed by atoms with Crippen molar-refractivity contribution in [2.45, 2.75) is 19.0 Å². The van der Waals surface area contributed by atoms with E-state index in [9.17, 15) is 9.18 Å². The van der Waals surface area contributed by atoms with E-state index in [1.807, 2.05) is 11.8 Å². The van der Waals surface area contributed by atoms with Crippen LogP contribution in [0.4, 0.5) is 4.39 Å². The topological polar surface area (TPSA) is 17.1 Å². The lowest BCUT2D eigenvalue weighted by molar-refractivity contribution is 0.111. The van der Waals surface area contributed by atoms with Crippen LogP contribution in [0.3, 0.4) is 0 Å². The molecule has 1 aliphatic rings. The zero-order chi connectivity index (χ0) is 11.6. The molecule has 3 heteroatoms. The van der Waals surface area contributed by atoms with Crippen LogP contribution in [0, 0.1) is 5.92 Å². The van der Waals surface area contributed by atoms with Gasteiger partial charge in [-0.3, -0.25) is 4.79 Å². The van der Waals surface area contributed by atoms with E-state index in [4.69, 9.17) is 0 Å². The molecule has 86 valence electrons. The highest BCUT2D eigenvalue weighted by molar-refractivity contribution is 7.99. The minimum Gasteiger partial charge on any atom is -0.298 e. The highest BCUT2D eigenvalue weighted by Gasteiger charge is 2.37. The van der Waals surface area contributed by atoms with Crippen molar-refractivity contribution in [3.8, 4) is 0 Å². The summed E-state index contributed by atoms with van der Waals surface area (Å²) in [6.07, 6.45) is 1.72. The molecule has 1 aromatic rings. The predicted molar refractivity (Wildman–Crippen MR) is 65.7 cm³/mol. The fourth-order valence-corrected chi connectivity index (χ4v) is 3.47. The molecule has 0 bridgehead atoms. The molecule has 0 radical (unpaired) electrons. The average Bonchev–Trinajstić information content (AvgIpc) is 2.83. The van der Waals surface area contributed by atoms with E-state index < -0.39 is 5.67 Å². The first kappa shape index (κ1) is 11.6. The van der Waals surface area contributed by atoms with E-state index in [0.717, 1.165) is 24.2 Å². The maximum Gasteiger partial charge on any atom is 0.150 e. The second kappa shape index (κ2) is 4.58. The number of rotatable bonds is 3. The normalized spacial score (nSPS) is 24.0. The molecule has 0 amide bonds. The molecule has 0 aromatic heterocycles. The molecule has 1 saturated heterocycles. The van der Waals surface area contributed by atoms with Gasteiger partial charge in [-0.25, -0.2) is 4.39 Å². The third kappa shape index (κ3) is 2.14. The molecule has 0 saturated carbocycles. The van der Waals surface area contributed by atoms with Crippen molar-refractivity contribution in [2.75, 3.05) is 11.5 Å². The highest BCUT2D eigenvalue weighted by atomic mass is 32.2. The molecule has 1 aromatic carbocycles. The van der Waals surface area contributed by atoms with Crippen LogP contribution in [-0.2, 0) is 5.67 Å². The van der Waals surface area contributed by atoms with Gasteiger partial charge >= 0.3 is 0 Å². The summed E-state index contributed by atoms with van der Waals surface area (Å²) < 4.78 is 14.7. The predicted octanol–water partition coefficient (Wildman–Crippen LogP) is 3.44. The number of alkyl halides is 1. The monoisotopic (exact) mass is 238 g/mol. The van der Waals surface area contributed by atoms with Crippen LogP contribution in [0.1, 0.15) is 29.3 Å². The minimum absolute atomic E-state index is 0.0968. The fraction of sp³-hybridized carbons (Fsp3) is 0.462. The van der Waals surface area contributed by atoms with Crippen molar-refractivity contribution in [1.29, 1.82) is 0 Å². The summed E-state index contributed by atoms with van der Waals surface area (Å²) in [5.74, 6) is 2.04. The molecular weight excluding hydrogens is 223 g/mol. The summed E-state index contributed by atoms with van der Waals surface area (Å²) in [4.78, 5) is 10.5.